The summed E-state index contributed by atoms with van der Waals surface area (Å²) < 4.78 is 9.00. The van der Waals surface area contributed by atoms with Crippen molar-refractivity contribution < 1.29 is 4.42 Å². The number of thiophene rings is 1. The molecule has 0 saturated heterocycles. The third kappa shape index (κ3) is 5.48. The highest BCUT2D eigenvalue weighted by Crippen LogP contribution is 2.42. The standard InChI is InChI=1S/C51H31N3OS/c1-3-14-32(15-4-1)34-26-28-36(33-16-5-2-6-17-33)44(30-34)51-53-49(35-27-29-40-39-20-10-12-25-46(39)56-47(40)31-35)52-50(54-51)43-21-8-7-18-37(43)41-22-13-23-42-38-19-9-11-24-45(38)55-48(41)42/h1-31H. The largest absolute Gasteiger partial charge is 0.455 e. The Bertz CT molecular complexity index is 3260. The Morgan fingerprint density at radius 1 is 0.321 bits per heavy atom. The Morgan fingerprint density at radius 3 is 1.77 bits per heavy atom. The van der Waals surface area contributed by atoms with Crippen molar-refractivity contribution in [2.24, 2.45) is 0 Å². The zero-order valence-corrected chi connectivity index (χ0v) is 30.9. The Hall–Kier alpha value is -7.21. The maximum Gasteiger partial charge on any atom is 0.164 e. The van der Waals surface area contributed by atoms with Gasteiger partial charge in [0.1, 0.15) is 11.2 Å². The van der Waals surface area contributed by atoms with Crippen molar-refractivity contribution >= 4 is 53.4 Å². The number of benzene rings is 8. The molecule has 8 aromatic carbocycles. The zero-order valence-electron chi connectivity index (χ0n) is 30.1. The highest BCUT2D eigenvalue weighted by Gasteiger charge is 2.21. The monoisotopic (exact) mass is 733 g/mol. The van der Waals surface area contributed by atoms with Gasteiger partial charge in [-0.15, -0.1) is 11.3 Å². The first-order valence-electron chi connectivity index (χ1n) is 18.7. The van der Waals surface area contributed by atoms with Crippen molar-refractivity contribution in [1.29, 1.82) is 0 Å². The fraction of sp³-hybridized carbons (Fsp3) is 0. The average molecular weight is 734 g/mol. The number of nitrogens with zero attached hydrogens (tertiary/aromatic N) is 3. The molecule has 0 spiro atoms. The smallest absolute Gasteiger partial charge is 0.164 e. The zero-order chi connectivity index (χ0) is 37.0. The van der Waals surface area contributed by atoms with Gasteiger partial charge >= 0.3 is 0 Å². The summed E-state index contributed by atoms with van der Waals surface area (Å²) in [5, 5.41) is 4.66. The van der Waals surface area contributed by atoms with Gasteiger partial charge in [-0.1, -0.05) is 164 Å². The van der Waals surface area contributed by atoms with Crippen molar-refractivity contribution in [3.63, 3.8) is 0 Å². The van der Waals surface area contributed by atoms with Crippen LogP contribution in [0.4, 0.5) is 0 Å². The van der Waals surface area contributed by atoms with E-state index >= 15 is 0 Å². The van der Waals surface area contributed by atoms with Crippen LogP contribution in [0.2, 0.25) is 0 Å². The van der Waals surface area contributed by atoms with Crippen LogP contribution in [0.1, 0.15) is 0 Å². The number of para-hydroxylation sites is 2. The molecule has 0 N–H and O–H groups in total. The molecule has 0 bridgehead atoms. The van der Waals surface area contributed by atoms with Crippen LogP contribution in [0.25, 0.3) is 110 Å². The second-order valence-electron chi connectivity index (χ2n) is 13.9. The van der Waals surface area contributed by atoms with Gasteiger partial charge in [0, 0.05) is 53.2 Å². The lowest BCUT2D eigenvalue weighted by atomic mass is 9.94. The second-order valence-corrected chi connectivity index (χ2v) is 15.0. The minimum absolute atomic E-state index is 0.592. The SMILES string of the molecule is c1ccc(-c2ccc(-c3ccccc3)c(-c3nc(-c4ccc5c(c4)sc4ccccc45)nc(-c4ccccc4-c4cccc5c4oc4ccccc45)n3)c2)cc1. The van der Waals surface area contributed by atoms with E-state index in [9.17, 15) is 0 Å². The molecular weight excluding hydrogens is 703 g/mol. The minimum atomic E-state index is 0.592. The maximum absolute atomic E-state index is 6.55. The molecule has 0 amide bonds. The first-order valence-corrected chi connectivity index (χ1v) is 19.5. The molecule has 0 aliphatic carbocycles. The number of hydrogen-bond donors (Lipinski definition) is 0. The van der Waals surface area contributed by atoms with Gasteiger partial charge in [-0.25, -0.2) is 15.0 Å². The van der Waals surface area contributed by atoms with Gasteiger partial charge in [0.15, 0.2) is 17.5 Å². The summed E-state index contributed by atoms with van der Waals surface area (Å²) in [5.41, 5.74) is 10.8. The third-order valence-corrected chi connectivity index (χ3v) is 11.7. The van der Waals surface area contributed by atoms with E-state index < -0.39 is 0 Å². The molecule has 0 radical (unpaired) electrons. The molecule has 11 rings (SSSR count). The second kappa shape index (κ2) is 13.3. The van der Waals surface area contributed by atoms with Crippen molar-refractivity contribution in [2.75, 3.05) is 0 Å². The van der Waals surface area contributed by atoms with Crippen LogP contribution < -0.4 is 0 Å². The first-order chi connectivity index (χ1) is 27.7. The Kier molecular flexibility index (Phi) is 7.64. The predicted octanol–water partition coefficient (Wildman–Crippen LogP) is 14.1. The van der Waals surface area contributed by atoms with E-state index in [2.05, 4.69) is 164 Å². The summed E-state index contributed by atoms with van der Waals surface area (Å²) in [6.45, 7) is 0. The van der Waals surface area contributed by atoms with Gasteiger partial charge in [0.2, 0.25) is 0 Å². The Balaban J connectivity index is 1.17. The van der Waals surface area contributed by atoms with Crippen molar-refractivity contribution in [3.8, 4) is 67.5 Å². The number of hydrogen-bond acceptors (Lipinski definition) is 5. The van der Waals surface area contributed by atoms with Gasteiger partial charge in [-0.05, 0) is 52.1 Å². The van der Waals surface area contributed by atoms with E-state index in [1.807, 2.05) is 24.3 Å². The van der Waals surface area contributed by atoms with Gasteiger partial charge < -0.3 is 4.42 Å². The van der Waals surface area contributed by atoms with Crippen LogP contribution in [0, 0.1) is 0 Å². The molecule has 262 valence electrons. The van der Waals surface area contributed by atoms with Crippen molar-refractivity contribution in [1.82, 2.24) is 15.0 Å². The number of aromatic nitrogens is 3. The molecule has 0 fully saturated rings. The van der Waals surface area contributed by atoms with Crippen LogP contribution in [-0.4, -0.2) is 15.0 Å². The molecule has 0 unspecified atom stereocenters. The van der Waals surface area contributed by atoms with Crippen LogP contribution >= 0.6 is 11.3 Å². The number of rotatable bonds is 6. The molecule has 3 aromatic heterocycles. The lowest BCUT2D eigenvalue weighted by Gasteiger charge is -2.15. The minimum Gasteiger partial charge on any atom is -0.455 e. The van der Waals surface area contributed by atoms with E-state index in [1.54, 1.807) is 11.3 Å². The van der Waals surface area contributed by atoms with E-state index in [0.717, 1.165) is 72.0 Å². The van der Waals surface area contributed by atoms with Gasteiger partial charge in [0.25, 0.3) is 0 Å². The molecule has 11 aromatic rings. The summed E-state index contributed by atoms with van der Waals surface area (Å²) in [7, 11) is 0. The molecule has 0 saturated carbocycles. The Labute approximate surface area is 327 Å². The fourth-order valence-electron chi connectivity index (χ4n) is 7.89. The Morgan fingerprint density at radius 2 is 0.929 bits per heavy atom. The highest BCUT2D eigenvalue weighted by atomic mass is 32.1. The fourth-order valence-corrected chi connectivity index (χ4v) is 9.04. The van der Waals surface area contributed by atoms with Gasteiger partial charge in [0.05, 0.1) is 0 Å². The van der Waals surface area contributed by atoms with Gasteiger partial charge in [-0.3, -0.25) is 0 Å². The molecule has 4 nitrogen and oxygen atoms in total. The topological polar surface area (TPSA) is 51.8 Å². The molecule has 0 aliphatic rings. The van der Waals surface area contributed by atoms with Crippen LogP contribution in [0.3, 0.4) is 0 Å². The van der Waals surface area contributed by atoms with Crippen molar-refractivity contribution in [3.05, 3.63) is 188 Å². The quantitative estimate of drug-likeness (QED) is 0.171. The first kappa shape index (κ1) is 32.2. The summed E-state index contributed by atoms with van der Waals surface area (Å²) in [6.07, 6.45) is 0. The van der Waals surface area contributed by atoms with E-state index in [1.165, 1.54) is 20.2 Å². The normalized spacial score (nSPS) is 11.6. The lowest BCUT2D eigenvalue weighted by Crippen LogP contribution is -2.02. The number of furan rings is 1. The van der Waals surface area contributed by atoms with Gasteiger partial charge in [-0.2, -0.15) is 0 Å². The lowest BCUT2D eigenvalue weighted by molar-refractivity contribution is 0.670. The van der Waals surface area contributed by atoms with Crippen molar-refractivity contribution in [2.45, 2.75) is 0 Å². The molecule has 56 heavy (non-hydrogen) atoms. The molecular formula is C51H31N3OS. The average Bonchev–Trinajstić information content (AvgIpc) is 3.85. The molecule has 0 aliphatic heterocycles. The number of fused-ring (bicyclic) bond motifs is 6. The maximum atomic E-state index is 6.55. The van der Waals surface area contributed by atoms with E-state index in [0.29, 0.717) is 17.5 Å². The van der Waals surface area contributed by atoms with Crippen LogP contribution in [0.15, 0.2) is 192 Å². The highest BCUT2D eigenvalue weighted by molar-refractivity contribution is 7.25. The summed E-state index contributed by atoms with van der Waals surface area (Å²) in [6, 6.07) is 65.6. The third-order valence-electron chi connectivity index (χ3n) is 10.6. The predicted molar refractivity (Wildman–Crippen MR) is 233 cm³/mol. The summed E-state index contributed by atoms with van der Waals surface area (Å²) in [4.78, 5) is 16.0. The molecule has 3 heterocycles. The van der Waals surface area contributed by atoms with E-state index in [-0.39, 0.29) is 0 Å². The molecule has 0 atom stereocenters. The summed E-state index contributed by atoms with van der Waals surface area (Å²) >= 11 is 1.79. The van der Waals surface area contributed by atoms with Crippen LogP contribution in [-0.2, 0) is 0 Å². The van der Waals surface area contributed by atoms with E-state index in [4.69, 9.17) is 19.4 Å². The summed E-state index contributed by atoms with van der Waals surface area (Å²) in [5.74, 6) is 1.81. The molecule has 5 heteroatoms. The van der Waals surface area contributed by atoms with Crippen LogP contribution in [0.5, 0.6) is 0 Å².